The number of ether oxygens (including phenoxy) is 3. The first-order valence-corrected chi connectivity index (χ1v) is 10.2. The van der Waals surface area contributed by atoms with Crippen LogP contribution in [-0.4, -0.2) is 51.1 Å². The van der Waals surface area contributed by atoms with Crippen LogP contribution < -0.4 is 14.2 Å². The number of aromatic nitrogens is 1. The molecule has 2 heterocycles. The van der Waals surface area contributed by atoms with Gasteiger partial charge in [0.15, 0.2) is 11.5 Å². The number of rotatable bonds is 6. The molecule has 0 bridgehead atoms. The van der Waals surface area contributed by atoms with E-state index < -0.39 is 10.0 Å². The van der Waals surface area contributed by atoms with Gasteiger partial charge in [-0.15, -0.1) is 0 Å². The molecule has 1 aliphatic heterocycles. The quantitative estimate of drug-likeness (QED) is 0.684. The highest BCUT2D eigenvalue weighted by atomic mass is 79.9. The summed E-state index contributed by atoms with van der Waals surface area (Å²) in [5, 5.41) is 0. The average Bonchev–Trinajstić information content (AvgIpc) is 3.12. The summed E-state index contributed by atoms with van der Waals surface area (Å²) in [5.41, 5.74) is 0. The average molecular weight is 443 g/mol. The smallest absolute Gasteiger partial charge is 0.243 e. The predicted octanol–water partition coefficient (Wildman–Crippen LogP) is 2.70. The van der Waals surface area contributed by atoms with E-state index in [1.807, 2.05) is 6.07 Å². The SMILES string of the molecule is COc1ccc(S(=O)(=O)N2CCC(Oc3ncccc3Br)C2)cc1OC. The molecule has 0 aliphatic carbocycles. The van der Waals surface area contributed by atoms with Crippen LogP contribution in [0, 0.1) is 0 Å². The Morgan fingerprint density at radius 1 is 1.19 bits per heavy atom. The monoisotopic (exact) mass is 442 g/mol. The Hall–Kier alpha value is -1.84. The van der Waals surface area contributed by atoms with Crippen LogP contribution >= 0.6 is 15.9 Å². The summed E-state index contributed by atoms with van der Waals surface area (Å²) in [7, 11) is -0.671. The van der Waals surface area contributed by atoms with Gasteiger partial charge in [-0.05, 0) is 46.6 Å². The number of benzene rings is 1. The Morgan fingerprint density at radius 3 is 2.65 bits per heavy atom. The predicted molar refractivity (Wildman–Crippen MR) is 99.3 cm³/mol. The fraction of sp³-hybridized carbons (Fsp3) is 0.353. The van der Waals surface area contributed by atoms with Gasteiger partial charge in [0.2, 0.25) is 15.9 Å². The summed E-state index contributed by atoms with van der Waals surface area (Å²) in [4.78, 5) is 4.32. The largest absolute Gasteiger partial charge is 0.493 e. The number of halogens is 1. The molecule has 26 heavy (non-hydrogen) atoms. The van der Waals surface area contributed by atoms with Gasteiger partial charge in [0.25, 0.3) is 0 Å². The van der Waals surface area contributed by atoms with Gasteiger partial charge >= 0.3 is 0 Å². The van der Waals surface area contributed by atoms with Crippen molar-refractivity contribution < 1.29 is 22.6 Å². The fourth-order valence-electron chi connectivity index (χ4n) is 2.75. The molecule has 2 aromatic rings. The van der Waals surface area contributed by atoms with Crippen molar-refractivity contribution in [1.82, 2.24) is 9.29 Å². The second-order valence-electron chi connectivity index (χ2n) is 5.70. The van der Waals surface area contributed by atoms with E-state index in [2.05, 4.69) is 20.9 Å². The topological polar surface area (TPSA) is 78.0 Å². The van der Waals surface area contributed by atoms with Gasteiger partial charge in [-0.25, -0.2) is 13.4 Å². The van der Waals surface area contributed by atoms with Crippen molar-refractivity contribution >= 4 is 26.0 Å². The van der Waals surface area contributed by atoms with Gasteiger partial charge in [-0.2, -0.15) is 4.31 Å². The molecule has 1 fully saturated rings. The summed E-state index contributed by atoms with van der Waals surface area (Å²) in [6, 6.07) is 8.19. The molecule has 3 rings (SSSR count). The molecule has 1 saturated heterocycles. The molecule has 1 aliphatic rings. The minimum absolute atomic E-state index is 0.162. The van der Waals surface area contributed by atoms with E-state index in [4.69, 9.17) is 14.2 Å². The molecule has 140 valence electrons. The molecule has 0 amide bonds. The van der Waals surface area contributed by atoms with E-state index in [0.29, 0.717) is 30.3 Å². The van der Waals surface area contributed by atoms with Gasteiger partial charge < -0.3 is 14.2 Å². The second kappa shape index (κ2) is 7.81. The highest BCUT2D eigenvalue weighted by Crippen LogP contribution is 2.32. The van der Waals surface area contributed by atoms with E-state index in [1.54, 1.807) is 18.3 Å². The molecule has 9 heteroatoms. The summed E-state index contributed by atoms with van der Waals surface area (Å²) in [6.45, 7) is 0.644. The minimum Gasteiger partial charge on any atom is -0.493 e. The molecular formula is C17H19BrN2O5S. The van der Waals surface area contributed by atoms with Crippen molar-refractivity contribution in [2.45, 2.75) is 17.4 Å². The maximum absolute atomic E-state index is 12.9. The van der Waals surface area contributed by atoms with Crippen LogP contribution in [0.1, 0.15) is 6.42 Å². The highest BCUT2D eigenvalue weighted by molar-refractivity contribution is 9.10. The normalized spacial score (nSPS) is 17.9. The first-order chi connectivity index (χ1) is 12.5. The lowest BCUT2D eigenvalue weighted by Gasteiger charge is -2.18. The molecule has 0 saturated carbocycles. The maximum Gasteiger partial charge on any atom is 0.243 e. The van der Waals surface area contributed by atoms with Crippen LogP contribution in [-0.2, 0) is 10.0 Å². The molecule has 1 unspecified atom stereocenters. The second-order valence-corrected chi connectivity index (χ2v) is 8.49. The van der Waals surface area contributed by atoms with Gasteiger partial charge in [0, 0.05) is 18.8 Å². The zero-order valence-electron chi connectivity index (χ0n) is 14.4. The minimum atomic E-state index is -3.65. The van der Waals surface area contributed by atoms with Crippen molar-refractivity contribution in [2.24, 2.45) is 0 Å². The molecular weight excluding hydrogens is 424 g/mol. The van der Waals surface area contributed by atoms with Crippen molar-refractivity contribution in [3.05, 3.63) is 41.0 Å². The Kier molecular flexibility index (Phi) is 5.69. The molecule has 1 atom stereocenters. The molecule has 0 radical (unpaired) electrons. The van der Waals surface area contributed by atoms with Gasteiger partial charge in [0.05, 0.1) is 30.1 Å². The van der Waals surface area contributed by atoms with E-state index >= 15 is 0 Å². The van der Waals surface area contributed by atoms with Gasteiger partial charge in [-0.3, -0.25) is 0 Å². The Bertz CT molecular complexity index is 890. The lowest BCUT2D eigenvalue weighted by molar-refractivity contribution is 0.205. The number of nitrogens with zero attached hydrogens (tertiary/aromatic N) is 2. The number of sulfonamides is 1. The number of pyridine rings is 1. The Labute approximate surface area is 161 Å². The Balaban J connectivity index is 1.76. The lowest BCUT2D eigenvalue weighted by atomic mass is 10.3. The summed E-state index contributed by atoms with van der Waals surface area (Å²) in [5.74, 6) is 1.31. The van der Waals surface area contributed by atoms with Crippen LogP contribution in [0.2, 0.25) is 0 Å². The van der Waals surface area contributed by atoms with Crippen LogP contribution in [0.15, 0.2) is 45.9 Å². The van der Waals surface area contributed by atoms with Gasteiger partial charge in [-0.1, -0.05) is 0 Å². The molecule has 7 nitrogen and oxygen atoms in total. The van der Waals surface area contributed by atoms with Crippen LogP contribution in [0.4, 0.5) is 0 Å². The third-order valence-electron chi connectivity index (χ3n) is 4.10. The zero-order valence-corrected chi connectivity index (χ0v) is 16.8. The molecule has 0 spiro atoms. The summed E-state index contributed by atoms with van der Waals surface area (Å²) in [6.07, 6.45) is 1.97. The third kappa shape index (κ3) is 3.79. The summed E-state index contributed by atoms with van der Waals surface area (Å²) < 4.78 is 44.2. The van der Waals surface area contributed by atoms with Crippen molar-refractivity contribution in [3.63, 3.8) is 0 Å². The standard InChI is InChI=1S/C17H19BrN2O5S/c1-23-15-6-5-13(10-16(15)24-2)26(21,22)20-9-7-12(11-20)25-17-14(18)4-3-8-19-17/h3-6,8,10,12H,7,9,11H2,1-2H3. The van der Waals surface area contributed by atoms with Gasteiger partial charge in [0.1, 0.15) is 6.10 Å². The van der Waals surface area contributed by atoms with Crippen molar-refractivity contribution in [2.75, 3.05) is 27.3 Å². The lowest BCUT2D eigenvalue weighted by Crippen LogP contribution is -2.31. The Morgan fingerprint density at radius 2 is 1.96 bits per heavy atom. The van der Waals surface area contributed by atoms with Crippen molar-refractivity contribution in [3.8, 4) is 17.4 Å². The zero-order chi connectivity index (χ0) is 18.7. The highest BCUT2D eigenvalue weighted by Gasteiger charge is 2.34. The first-order valence-electron chi connectivity index (χ1n) is 7.95. The molecule has 1 aromatic heterocycles. The van der Waals surface area contributed by atoms with E-state index in [0.717, 1.165) is 4.47 Å². The molecule has 0 N–H and O–H groups in total. The number of hydrogen-bond donors (Lipinski definition) is 0. The van der Waals surface area contributed by atoms with E-state index in [-0.39, 0.29) is 17.5 Å². The molecule has 1 aromatic carbocycles. The number of hydrogen-bond acceptors (Lipinski definition) is 6. The van der Waals surface area contributed by atoms with Crippen LogP contribution in [0.3, 0.4) is 0 Å². The third-order valence-corrected chi connectivity index (χ3v) is 6.57. The first kappa shape index (κ1) is 18.9. The maximum atomic E-state index is 12.9. The van der Waals surface area contributed by atoms with Crippen LogP contribution in [0.25, 0.3) is 0 Å². The van der Waals surface area contributed by atoms with Crippen molar-refractivity contribution in [1.29, 1.82) is 0 Å². The van der Waals surface area contributed by atoms with E-state index in [1.165, 1.54) is 30.7 Å². The fourth-order valence-corrected chi connectivity index (χ4v) is 4.60. The number of methoxy groups -OCH3 is 2. The van der Waals surface area contributed by atoms with Crippen LogP contribution in [0.5, 0.6) is 17.4 Å². The summed E-state index contributed by atoms with van der Waals surface area (Å²) >= 11 is 3.38. The van der Waals surface area contributed by atoms with E-state index in [9.17, 15) is 8.42 Å².